The van der Waals surface area contributed by atoms with E-state index in [2.05, 4.69) is 48.5 Å². The lowest BCUT2D eigenvalue weighted by atomic mass is 9.70. The monoisotopic (exact) mass is 324 g/mol. The van der Waals surface area contributed by atoms with Crippen molar-refractivity contribution in [2.45, 2.75) is 119 Å². The van der Waals surface area contributed by atoms with Crippen LogP contribution in [-0.2, 0) is 0 Å². The first-order chi connectivity index (χ1) is 11.0. The van der Waals surface area contributed by atoms with E-state index in [1.54, 1.807) is 0 Å². The van der Waals surface area contributed by atoms with Gasteiger partial charge >= 0.3 is 0 Å². The van der Waals surface area contributed by atoms with Crippen LogP contribution in [0.5, 0.6) is 0 Å². The molecule has 0 heteroatoms. The Kier molecular flexibility index (Phi) is 14.4. The molecule has 0 bridgehead atoms. The van der Waals surface area contributed by atoms with Gasteiger partial charge in [0.15, 0.2) is 0 Å². The third-order valence-electron chi connectivity index (χ3n) is 6.25. The SMILES string of the molecule is CCCCCCC(C(C)C)C(C)C(CCCCC)CC(C)CC. The summed E-state index contributed by atoms with van der Waals surface area (Å²) in [5.41, 5.74) is 0. The van der Waals surface area contributed by atoms with Crippen LogP contribution < -0.4 is 0 Å². The quantitative estimate of drug-likeness (QED) is 0.265. The maximum atomic E-state index is 2.59. The van der Waals surface area contributed by atoms with Crippen LogP contribution >= 0.6 is 0 Å². The molecule has 0 heterocycles. The van der Waals surface area contributed by atoms with E-state index in [0.717, 1.165) is 29.6 Å². The molecule has 140 valence electrons. The minimum Gasteiger partial charge on any atom is -0.0654 e. The highest BCUT2D eigenvalue weighted by Crippen LogP contribution is 2.37. The molecule has 0 saturated heterocycles. The van der Waals surface area contributed by atoms with Crippen LogP contribution in [0.1, 0.15) is 119 Å². The molecule has 0 amide bonds. The van der Waals surface area contributed by atoms with Crippen molar-refractivity contribution < 1.29 is 0 Å². The molecule has 23 heavy (non-hydrogen) atoms. The fraction of sp³-hybridized carbons (Fsp3) is 1.00. The topological polar surface area (TPSA) is 0 Å². The molecule has 0 aliphatic carbocycles. The third-order valence-corrected chi connectivity index (χ3v) is 6.25. The highest BCUT2D eigenvalue weighted by Gasteiger charge is 2.28. The second kappa shape index (κ2) is 14.4. The summed E-state index contributed by atoms with van der Waals surface area (Å²) < 4.78 is 0. The first kappa shape index (κ1) is 23.0. The lowest BCUT2D eigenvalue weighted by Gasteiger charge is -2.35. The second-order valence-corrected chi connectivity index (χ2v) is 8.62. The normalized spacial score (nSPS) is 17.2. The molecular formula is C23H48. The molecule has 4 unspecified atom stereocenters. The predicted molar refractivity (Wildman–Crippen MR) is 108 cm³/mol. The fourth-order valence-electron chi connectivity index (χ4n) is 4.30. The highest BCUT2D eigenvalue weighted by atomic mass is 14.3. The van der Waals surface area contributed by atoms with Gasteiger partial charge in [-0.1, -0.05) is 106 Å². The van der Waals surface area contributed by atoms with Gasteiger partial charge in [-0.3, -0.25) is 0 Å². The molecule has 0 aromatic rings. The summed E-state index contributed by atoms with van der Waals surface area (Å²) >= 11 is 0. The zero-order chi connectivity index (χ0) is 17.7. The van der Waals surface area contributed by atoms with E-state index in [0.29, 0.717) is 0 Å². The molecule has 0 aliphatic heterocycles. The van der Waals surface area contributed by atoms with E-state index >= 15 is 0 Å². The Hall–Kier alpha value is 0. The summed E-state index contributed by atoms with van der Waals surface area (Å²) in [5.74, 6) is 4.54. The molecule has 0 nitrogen and oxygen atoms in total. The molecule has 0 rings (SSSR count). The summed E-state index contributed by atoms with van der Waals surface area (Å²) in [6.45, 7) is 17.0. The lowest BCUT2D eigenvalue weighted by Crippen LogP contribution is -2.26. The Morgan fingerprint density at radius 2 is 1.22 bits per heavy atom. The van der Waals surface area contributed by atoms with E-state index in [1.807, 2.05) is 0 Å². The highest BCUT2D eigenvalue weighted by molar-refractivity contribution is 4.78. The van der Waals surface area contributed by atoms with Gasteiger partial charge in [0.25, 0.3) is 0 Å². The van der Waals surface area contributed by atoms with E-state index < -0.39 is 0 Å². The minimum atomic E-state index is 0.845. The van der Waals surface area contributed by atoms with E-state index in [-0.39, 0.29) is 0 Å². The Labute approximate surface area is 149 Å². The molecule has 0 N–H and O–H groups in total. The lowest BCUT2D eigenvalue weighted by molar-refractivity contribution is 0.147. The zero-order valence-electron chi connectivity index (χ0n) is 17.7. The Balaban J connectivity index is 4.68. The standard InChI is InChI=1S/C23H48/c1-8-11-13-15-17-23(19(4)5)21(7)22(16-14-12-9-2)18-20(6)10-3/h19-23H,8-18H2,1-7H3. The molecule has 0 aromatic carbocycles. The number of hydrogen-bond acceptors (Lipinski definition) is 0. The predicted octanol–water partition coefficient (Wildman–Crippen LogP) is 8.50. The average Bonchev–Trinajstić information content (AvgIpc) is 2.53. The maximum Gasteiger partial charge on any atom is -0.0363 e. The van der Waals surface area contributed by atoms with Crippen molar-refractivity contribution in [1.29, 1.82) is 0 Å². The Bertz CT molecular complexity index is 242. The molecule has 0 saturated carbocycles. The van der Waals surface area contributed by atoms with Gasteiger partial charge in [0, 0.05) is 0 Å². The van der Waals surface area contributed by atoms with E-state index in [4.69, 9.17) is 0 Å². The number of hydrogen-bond donors (Lipinski definition) is 0. The first-order valence-electron chi connectivity index (χ1n) is 11.0. The molecule has 4 atom stereocenters. The minimum absolute atomic E-state index is 0.845. The van der Waals surface area contributed by atoms with Crippen molar-refractivity contribution in [2.75, 3.05) is 0 Å². The van der Waals surface area contributed by atoms with Crippen molar-refractivity contribution in [1.82, 2.24) is 0 Å². The van der Waals surface area contributed by atoms with E-state index in [1.165, 1.54) is 70.6 Å². The smallest absolute Gasteiger partial charge is 0.0363 e. The summed E-state index contributed by atoms with van der Waals surface area (Å²) in [6, 6.07) is 0. The average molecular weight is 325 g/mol. The first-order valence-corrected chi connectivity index (χ1v) is 11.0. The summed E-state index contributed by atoms with van der Waals surface area (Å²) in [4.78, 5) is 0. The van der Waals surface area contributed by atoms with Gasteiger partial charge in [0.05, 0.1) is 0 Å². The van der Waals surface area contributed by atoms with Crippen LogP contribution in [0, 0.1) is 29.6 Å². The molecule has 0 fully saturated rings. The van der Waals surface area contributed by atoms with Crippen LogP contribution in [0.25, 0.3) is 0 Å². The summed E-state index contributed by atoms with van der Waals surface area (Å²) in [5, 5.41) is 0. The van der Waals surface area contributed by atoms with Crippen LogP contribution in [-0.4, -0.2) is 0 Å². The van der Waals surface area contributed by atoms with Crippen LogP contribution in [0.15, 0.2) is 0 Å². The van der Waals surface area contributed by atoms with Crippen LogP contribution in [0.2, 0.25) is 0 Å². The fourth-order valence-corrected chi connectivity index (χ4v) is 4.30. The molecule has 0 spiro atoms. The summed E-state index contributed by atoms with van der Waals surface area (Å²) in [7, 11) is 0. The molecule has 0 aliphatic rings. The largest absolute Gasteiger partial charge is 0.0654 e. The summed E-state index contributed by atoms with van der Waals surface area (Å²) in [6.07, 6.45) is 15.6. The number of unbranched alkanes of at least 4 members (excludes halogenated alkanes) is 5. The Morgan fingerprint density at radius 3 is 1.74 bits per heavy atom. The third kappa shape index (κ3) is 10.5. The van der Waals surface area contributed by atoms with E-state index in [9.17, 15) is 0 Å². The Morgan fingerprint density at radius 1 is 0.652 bits per heavy atom. The van der Waals surface area contributed by atoms with Crippen molar-refractivity contribution in [3.63, 3.8) is 0 Å². The number of rotatable bonds is 15. The van der Waals surface area contributed by atoms with Crippen molar-refractivity contribution in [3.05, 3.63) is 0 Å². The van der Waals surface area contributed by atoms with Gasteiger partial charge in [-0.05, 0) is 42.4 Å². The van der Waals surface area contributed by atoms with Crippen molar-refractivity contribution in [2.24, 2.45) is 29.6 Å². The van der Waals surface area contributed by atoms with Crippen molar-refractivity contribution in [3.8, 4) is 0 Å². The second-order valence-electron chi connectivity index (χ2n) is 8.62. The van der Waals surface area contributed by atoms with Crippen LogP contribution in [0.3, 0.4) is 0 Å². The molecule has 0 radical (unpaired) electrons. The van der Waals surface area contributed by atoms with Gasteiger partial charge < -0.3 is 0 Å². The maximum absolute atomic E-state index is 2.59. The zero-order valence-corrected chi connectivity index (χ0v) is 17.7. The van der Waals surface area contributed by atoms with Gasteiger partial charge in [0.2, 0.25) is 0 Å². The van der Waals surface area contributed by atoms with Gasteiger partial charge in [0.1, 0.15) is 0 Å². The molecule has 0 aromatic heterocycles. The van der Waals surface area contributed by atoms with Crippen molar-refractivity contribution >= 4 is 0 Å². The van der Waals surface area contributed by atoms with Gasteiger partial charge in [-0.25, -0.2) is 0 Å². The molecular weight excluding hydrogens is 276 g/mol. The van der Waals surface area contributed by atoms with Gasteiger partial charge in [-0.2, -0.15) is 0 Å². The van der Waals surface area contributed by atoms with Crippen LogP contribution in [0.4, 0.5) is 0 Å². The van der Waals surface area contributed by atoms with Gasteiger partial charge in [-0.15, -0.1) is 0 Å².